The average molecular weight is 416 g/mol. The molecule has 3 nitrogen and oxygen atoms in total. The highest BCUT2D eigenvalue weighted by Crippen LogP contribution is 2.30. The van der Waals surface area contributed by atoms with E-state index in [1.54, 1.807) is 24.3 Å². The summed E-state index contributed by atoms with van der Waals surface area (Å²) in [6.07, 6.45) is 0. The maximum Gasteiger partial charge on any atom is 0.241 e. The molecule has 0 aliphatic heterocycles. The maximum atomic E-state index is 12.9. The molecular weight excluding hydrogens is 398 g/mol. The van der Waals surface area contributed by atoms with Gasteiger partial charge >= 0.3 is 0 Å². The molecule has 1 N–H and O–H groups in total. The van der Waals surface area contributed by atoms with Gasteiger partial charge in [-0.05, 0) is 36.2 Å². The van der Waals surface area contributed by atoms with Crippen molar-refractivity contribution in [1.29, 1.82) is 0 Å². The lowest BCUT2D eigenvalue weighted by Crippen LogP contribution is -2.29. The Morgan fingerprint density at radius 1 is 0.840 bits per heavy atom. The third-order valence-corrected chi connectivity index (χ3v) is 6.11. The van der Waals surface area contributed by atoms with Crippen molar-refractivity contribution in [3.05, 3.63) is 100 Å². The summed E-state index contributed by atoms with van der Waals surface area (Å²) in [4.78, 5) is 0.256. The second-order valence-corrected chi connectivity index (χ2v) is 8.37. The summed E-state index contributed by atoms with van der Waals surface area (Å²) in [6.45, 7) is 1.93. The summed E-state index contributed by atoms with van der Waals surface area (Å²) in [5.41, 5.74) is 2.76. The Kier molecular flexibility index (Phi) is 5.37. The zero-order valence-corrected chi connectivity index (χ0v) is 16.1. The van der Waals surface area contributed by atoms with Crippen LogP contribution in [0.1, 0.15) is 22.7 Å². The molecule has 0 bridgehead atoms. The molecule has 128 valence electrons. The van der Waals surface area contributed by atoms with Gasteiger partial charge in [0.1, 0.15) is 0 Å². The van der Waals surface area contributed by atoms with Gasteiger partial charge < -0.3 is 0 Å². The van der Waals surface area contributed by atoms with Crippen LogP contribution in [0.15, 0.2) is 88.2 Å². The first-order valence-corrected chi connectivity index (χ1v) is 10.1. The molecule has 0 aliphatic carbocycles. The van der Waals surface area contributed by atoms with Crippen LogP contribution in [0.4, 0.5) is 0 Å². The van der Waals surface area contributed by atoms with E-state index in [9.17, 15) is 8.42 Å². The Morgan fingerprint density at radius 3 is 2.08 bits per heavy atom. The average Bonchev–Trinajstić information content (AvgIpc) is 2.61. The van der Waals surface area contributed by atoms with Crippen LogP contribution in [-0.2, 0) is 10.0 Å². The molecule has 0 radical (unpaired) electrons. The van der Waals surface area contributed by atoms with Crippen LogP contribution in [-0.4, -0.2) is 8.42 Å². The number of halogens is 1. The molecule has 0 saturated carbocycles. The van der Waals surface area contributed by atoms with Gasteiger partial charge in [0.25, 0.3) is 0 Å². The summed E-state index contributed by atoms with van der Waals surface area (Å²) in [5, 5.41) is 0. The van der Waals surface area contributed by atoms with Gasteiger partial charge in [-0.2, -0.15) is 4.72 Å². The van der Waals surface area contributed by atoms with Crippen LogP contribution >= 0.6 is 15.9 Å². The summed E-state index contributed by atoms with van der Waals surface area (Å²) >= 11 is 3.53. The first-order valence-electron chi connectivity index (χ1n) is 7.86. The van der Waals surface area contributed by atoms with Gasteiger partial charge in [-0.25, -0.2) is 8.42 Å². The fraction of sp³-hybridized carbons (Fsp3) is 0.100. The van der Waals surface area contributed by atoms with Gasteiger partial charge in [0.05, 0.1) is 10.9 Å². The van der Waals surface area contributed by atoms with E-state index in [0.29, 0.717) is 0 Å². The first kappa shape index (κ1) is 17.9. The third kappa shape index (κ3) is 4.18. The van der Waals surface area contributed by atoms with Crippen molar-refractivity contribution in [1.82, 2.24) is 4.72 Å². The summed E-state index contributed by atoms with van der Waals surface area (Å²) in [5.74, 6) is 0. The largest absolute Gasteiger partial charge is 0.241 e. The lowest BCUT2D eigenvalue weighted by atomic mass is 10.00. The van der Waals surface area contributed by atoms with E-state index in [1.807, 2.05) is 61.5 Å². The lowest BCUT2D eigenvalue weighted by Gasteiger charge is -2.21. The van der Waals surface area contributed by atoms with E-state index in [1.165, 1.54) is 0 Å². The highest BCUT2D eigenvalue weighted by molar-refractivity contribution is 9.10. The number of hydrogen-bond donors (Lipinski definition) is 1. The van der Waals surface area contributed by atoms with Gasteiger partial charge in [-0.1, -0.05) is 82.2 Å². The van der Waals surface area contributed by atoms with Crippen molar-refractivity contribution in [2.45, 2.75) is 17.9 Å². The normalized spacial score (nSPS) is 12.7. The molecule has 0 fully saturated rings. The van der Waals surface area contributed by atoms with E-state index >= 15 is 0 Å². The van der Waals surface area contributed by atoms with Crippen LogP contribution in [0.3, 0.4) is 0 Å². The van der Waals surface area contributed by atoms with Crippen molar-refractivity contribution in [2.75, 3.05) is 0 Å². The van der Waals surface area contributed by atoms with Crippen molar-refractivity contribution < 1.29 is 8.42 Å². The molecule has 0 heterocycles. The fourth-order valence-corrected chi connectivity index (χ4v) is 4.32. The SMILES string of the molecule is Cc1ccc(S(=O)(=O)N[C@@H](c2ccccc2)c2ccccc2Br)cc1. The van der Waals surface area contributed by atoms with E-state index in [4.69, 9.17) is 0 Å². The Bertz CT molecular complexity index is 955. The predicted octanol–water partition coefficient (Wildman–Crippen LogP) is 4.83. The Hall–Kier alpha value is -1.95. The van der Waals surface area contributed by atoms with Crippen molar-refractivity contribution >= 4 is 26.0 Å². The van der Waals surface area contributed by atoms with Crippen molar-refractivity contribution in [2.24, 2.45) is 0 Å². The van der Waals surface area contributed by atoms with Gasteiger partial charge in [-0.15, -0.1) is 0 Å². The molecule has 0 aliphatic rings. The molecule has 3 aromatic carbocycles. The maximum absolute atomic E-state index is 12.9. The van der Waals surface area contributed by atoms with Crippen LogP contribution < -0.4 is 4.72 Å². The van der Waals surface area contributed by atoms with E-state index in [-0.39, 0.29) is 4.90 Å². The van der Waals surface area contributed by atoms with Crippen LogP contribution in [0, 0.1) is 6.92 Å². The number of rotatable bonds is 5. The monoisotopic (exact) mass is 415 g/mol. The third-order valence-electron chi connectivity index (χ3n) is 3.95. The Balaban J connectivity index is 2.04. The second-order valence-electron chi connectivity index (χ2n) is 5.80. The first-order chi connectivity index (χ1) is 12.0. The van der Waals surface area contributed by atoms with Gasteiger partial charge in [0, 0.05) is 4.47 Å². The van der Waals surface area contributed by atoms with Crippen molar-refractivity contribution in [3.8, 4) is 0 Å². The quantitative estimate of drug-likeness (QED) is 0.648. The highest BCUT2D eigenvalue weighted by atomic mass is 79.9. The zero-order chi connectivity index (χ0) is 17.9. The molecule has 25 heavy (non-hydrogen) atoms. The van der Waals surface area contributed by atoms with Gasteiger partial charge in [-0.3, -0.25) is 0 Å². The summed E-state index contributed by atoms with van der Waals surface area (Å²) in [7, 11) is -3.66. The topological polar surface area (TPSA) is 46.2 Å². The Labute approximate surface area is 156 Å². The standard InChI is InChI=1S/C20H18BrNO2S/c1-15-11-13-17(14-12-15)25(23,24)22-20(16-7-3-2-4-8-16)18-9-5-6-10-19(18)21/h2-14,20,22H,1H3/t20-/m0/s1. The molecule has 0 spiro atoms. The smallest absolute Gasteiger partial charge is 0.207 e. The van der Waals surface area contributed by atoms with Gasteiger partial charge in [0.15, 0.2) is 0 Å². The summed E-state index contributed by atoms with van der Waals surface area (Å²) in [6, 6.07) is 23.5. The molecule has 0 saturated heterocycles. The van der Waals surface area contributed by atoms with E-state index in [2.05, 4.69) is 20.7 Å². The molecule has 3 rings (SSSR count). The van der Waals surface area contributed by atoms with Crippen LogP contribution in [0.5, 0.6) is 0 Å². The number of sulfonamides is 1. The summed E-state index contributed by atoms with van der Waals surface area (Å²) < 4.78 is 29.5. The van der Waals surface area contributed by atoms with Crippen LogP contribution in [0.2, 0.25) is 0 Å². The number of nitrogens with one attached hydrogen (secondary N) is 1. The molecule has 5 heteroatoms. The van der Waals surface area contributed by atoms with E-state index in [0.717, 1.165) is 21.2 Å². The highest BCUT2D eigenvalue weighted by Gasteiger charge is 2.24. The van der Waals surface area contributed by atoms with Gasteiger partial charge in [0.2, 0.25) is 10.0 Å². The predicted molar refractivity (Wildman–Crippen MR) is 104 cm³/mol. The molecule has 0 aromatic heterocycles. The molecule has 1 atom stereocenters. The minimum Gasteiger partial charge on any atom is -0.207 e. The zero-order valence-electron chi connectivity index (χ0n) is 13.7. The molecule has 0 unspecified atom stereocenters. The number of hydrogen-bond acceptors (Lipinski definition) is 2. The van der Waals surface area contributed by atoms with E-state index < -0.39 is 16.1 Å². The molecule has 0 amide bonds. The van der Waals surface area contributed by atoms with Crippen LogP contribution in [0.25, 0.3) is 0 Å². The number of benzene rings is 3. The second kappa shape index (κ2) is 7.52. The molecular formula is C20H18BrNO2S. The minimum atomic E-state index is -3.66. The van der Waals surface area contributed by atoms with Crippen molar-refractivity contribution in [3.63, 3.8) is 0 Å². The minimum absolute atomic E-state index is 0.256. The molecule has 3 aromatic rings. The Morgan fingerprint density at radius 2 is 1.44 bits per heavy atom. The lowest BCUT2D eigenvalue weighted by molar-refractivity contribution is 0.572. The fourth-order valence-electron chi connectivity index (χ4n) is 2.61. The number of aryl methyl sites for hydroxylation is 1.